The maximum atomic E-state index is 10.3. The molecule has 0 radical (unpaired) electrons. The third-order valence-electron chi connectivity index (χ3n) is 2.64. The number of piperazine rings is 1. The van der Waals surface area contributed by atoms with Gasteiger partial charge in [-0.25, -0.2) is 0 Å². The van der Waals surface area contributed by atoms with Crippen molar-refractivity contribution in [3.05, 3.63) is 0 Å². The predicted molar refractivity (Wildman–Crippen MR) is 44.0 cm³/mol. The number of carboxylic acid groups (broad SMARTS) is 1. The van der Waals surface area contributed by atoms with Crippen LogP contribution >= 0.6 is 0 Å². The second-order valence-corrected chi connectivity index (χ2v) is 3.70. The summed E-state index contributed by atoms with van der Waals surface area (Å²) >= 11 is 0. The van der Waals surface area contributed by atoms with Crippen molar-refractivity contribution in [2.75, 3.05) is 19.6 Å². The van der Waals surface area contributed by atoms with Crippen LogP contribution in [0.1, 0.15) is 12.8 Å². The number of fused-ring (bicyclic) bond motifs is 2. The van der Waals surface area contributed by atoms with Gasteiger partial charge in [0.25, 0.3) is 0 Å². The highest BCUT2D eigenvalue weighted by Gasteiger charge is 2.35. The summed E-state index contributed by atoms with van der Waals surface area (Å²) in [5.74, 6) is -0.692. The molecule has 4 heteroatoms. The number of hydrogen-bond donors (Lipinski definition) is 2. The highest BCUT2D eigenvalue weighted by molar-refractivity contribution is 5.66. The quantitative estimate of drug-likeness (QED) is 0.600. The Bertz CT molecular complexity index is 179. The van der Waals surface area contributed by atoms with E-state index in [2.05, 4.69) is 10.2 Å². The number of nitrogens with zero attached hydrogens (tertiary/aromatic N) is 1. The third-order valence-corrected chi connectivity index (χ3v) is 2.64. The molecule has 3 rings (SSSR count). The Morgan fingerprint density at radius 2 is 2.08 bits per heavy atom. The van der Waals surface area contributed by atoms with E-state index in [1.165, 1.54) is 6.42 Å². The van der Waals surface area contributed by atoms with Crippen LogP contribution in [0, 0.1) is 0 Å². The van der Waals surface area contributed by atoms with E-state index >= 15 is 0 Å². The van der Waals surface area contributed by atoms with E-state index in [1.54, 1.807) is 0 Å². The van der Waals surface area contributed by atoms with Gasteiger partial charge >= 0.3 is 5.97 Å². The van der Waals surface area contributed by atoms with Gasteiger partial charge in [-0.1, -0.05) is 0 Å². The minimum absolute atomic E-state index is 0.277. The van der Waals surface area contributed by atoms with Crippen LogP contribution in [0.4, 0.5) is 0 Å². The molecule has 0 saturated carbocycles. The van der Waals surface area contributed by atoms with Crippen LogP contribution < -0.4 is 5.32 Å². The molecule has 3 heterocycles. The van der Waals surface area contributed by atoms with E-state index in [1.807, 2.05) is 0 Å². The molecule has 2 bridgehead atoms. The second kappa shape index (κ2) is 3.03. The zero-order valence-corrected chi connectivity index (χ0v) is 6.99. The monoisotopic (exact) mass is 170 g/mol. The van der Waals surface area contributed by atoms with Gasteiger partial charge in [-0.05, 0) is 6.42 Å². The molecular weight excluding hydrogens is 156 g/mol. The summed E-state index contributed by atoms with van der Waals surface area (Å²) in [6, 6.07) is 1.27. The Balaban J connectivity index is 1.72. The molecule has 2 atom stereocenters. The highest BCUT2D eigenvalue weighted by Crippen LogP contribution is 2.20. The van der Waals surface area contributed by atoms with Crippen LogP contribution in [0.3, 0.4) is 0 Å². The number of piperidine rings is 1. The van der Waals surface area contributed by atoms with Crippen LogP contribution in [-0.4, -0.2) is 47.7 Å². The maximum Gasteiger partial charge on any atom is 0.304 e. The number of aliphatic carboxylic acids is 1. The van der Waals surface area contributed by atoms with Gasteiger partial charge in [0, 0.05) is 31.7 Å². The summed E-state index contributed by atoms with van der Waals surface area (Å²) < 4.78 is 0. The van der Waals surface area contributed by atoms with Crippen molar-refractivity contribution in [1.82, 2.24) is 10.2 Å². The molecule has 0 aromatic carbocycles. The minimum Gasteiger partial charge on any atom is -0.481 e. The molecule has 0 aromatic heterocycles. The van der Waals surface area contributed by atoms with E-state index in [0.717, 1.165) is 13.1 Å². The van der Waals surface area contributed by atoms with Crippen molar-refractivity contribution in [3.8, 4) is 0 Å². The van der Waals surface area contributed by atoms with Crippen molar-refractivity contribution in [2.24, 2.45) is 0 Å². The minimum atomic E-state index is -0.692. The second-order valence-electron chi connectivity index (χ2n) is 3.70. The molecule has 2 unspecified atom stereocenters. The molecule has 3 fully saturated rings. The molecule has 0 spiro atoms. The van der Waals surface area contributed by atoms with Gasteiger partial charge in [0.05, 0.1) is 6.42 Å². The summed E-state index contributed by atoms with van der Waals surface area (Å²) in [5.41, 5.74) is 0. The molecular formula is C8H14N2O2. The van der Waals surface area contributed by atoms with E-state index in [4.69, 9.17) is 5.11 Å². The first-order valence-electron chi connectivity index (χ1n) is 4.44. The Morgan fingerprint density at radius 1 is 1.50 bits per heavy atom. The van der Waals surface area contributed by atoms with Crippen LogP contribution in [0.5, 0.6) is 0 Å². The van der Waals surface area contributed by atoms with E-state index < -0.39 is 5.97 Å². The zero-order chi connectivity index (χ0) is 8.55. The Morgan fingerprint density at radius 3 is 2.58 bits per heavy atom. The van der Waals surface area contributed by atoms with Gasteiger partial charge in [-0.2, -0.15) is 0 Å². The van der Waals surface area contributed by atoms with Gasteiger partial charge in [-0.15, -0.1) is 0 Å². The summed E-state index contributed by atoms with van der Waals surface area (Å²) in [6.45, 7) is 2.78. The van der Waals surface area contributed by atoms with E-state index in [9.17, 15) is 4.79 Å². The van der Waals surface area contributed by atoms with Crippen molar-refractivity contribution in [3.63, 3.8) is 0 Å². The molecule has 68 valence electrons. The largest absolute Gasteiger partial charge is 0.481 e. The summed E-state index contributed by atoms with van der Waals surface area (Å²) in [6.07, 6.45) is 1.56. The summed E-state index contributed by atoms with van der Waals surface area (Å²) in [5, 5.41) is 11.9. The third kappa shape index (κ3) is 1.59. The topological polar surface area (TPSA) is 52.6 Å². The lowest BCUT2D eigenvalue weighted by molar-refractivity contribution is -0.137. The molecule has 12 heavy (non-hydrogen) atoms. The Labute approximate surface area is 71.5 Å². The molecule has 4 nitrogen and oxygen atoms in total. The smallest absolute Gasteiger partial charge is 0.304 e. The number of rotatable bonds is 3. The molecule has 3 aliphatic heterocycles. The molecule has 2 N–H and O–H groups in total. The molecule has 3 saturated heterocycles. The van der Waals surface area contributed by atoms with E-state index in [0.29, 0.717) is 18.6 Å². The van der Waals surface area contributed by atoms with Crippen LogP contribution in [-0.2, 0) is 4.79 Å². The molecule has 0 amide bonds. The van der Waals surface area contributed by atoms with Gasteiger partial charge in [-0.3, -0.25) is 9.69 Å². The lowest BCUT2D eigenvalue weighted by Crippen LogP contribution is -2.66. The van der Waals surface area contributed by atoms with Crippen LogP contribution in [0.15, 0.2) is 0 Å². The number of carboxylic acids is 1. The lowest BCUT2D eigenvalue weighted by atomic mass is 9.91. The van der Waals surface area contributed by atoms with Crippen LogP contribution in [0.25, 0.3) is 0 Å². The van der Waals surface area contributed by atoms with E-state index in [-0.39, 0.29) is 6.42 Å². The average molecular weight is 170 g/mol. The van der Waals surface area contributed by atoms with Gasteiger partial charge in [0.2, 0.25) is 0 Å². The number of nitrogens with one attached hydrogen (secondary N) is 1. The Kier molecular flexibility index (Phi) is 2.02. The van der Waals surface area contributed by atoms with Crippen molar-refractivity contribution >= 4 is 5.97 Å². The Hall–Kier alpha value is -0.610. The highest BCUT2D eigenvalue weighted by atomic mass is 16.4. The lowest BCUT2D eigenvalue weighted by Gasteiger charge is -2.48. The summed E-state index contributed by atoms with van der Waals surface area (Å²) in [4.78, 5) is 12.5. The van der Waals surface area contributed by atoms with Crippen LogP contribution in [0.2, 0.25) is 0 Å². The number of carbonyl (C=O) groups is 1. The van der Waals surface area contributed by atoms with Gasteiger partial charge in [0.15, 0.2) is 0 Å². The first kappa shape index (κ1) is 8.01. The van der Waals surface area contributed by atoms with Crippen molar-refractivity contribution in [1.29, 1.82) is 0 Å². The molecule has 0 aliphatic carbocycles. The maximum absolute atomic E-state index is 10.3. The fourth-order valence-electron chi connectivity index (χ4n) is 2.04. The molecule has 0 aromatic rings. The zero-order valence-electron chi connectivity index (χ0n) is 6.99. The predicted octanol–water partition coefficient (Wildman–Crippen LogP) is -0.493. The first-order chi connectivity index (χ1) is 5.74. The van der Waals surface area contributed by atoms with Crippen molar-refractivity contribution < 1.29 is 9.90 Å². The first-order valence-corrected chi connectivity index (χ1v) is 4.44. The fraction of sp³-hybridized carbons (Fsp3) is 0.875. The standard InChI is InChI=1S/C8H14N2O2/c11-8(12)1-2-10-4-6-3-7(5-10)9-6/h6-7,9H,1-5H2,(H,11,12). The number of hydrogen-bond acceptors (Lipinski definition) is 3. The molecule has 3 aliphatic rings. The normalized spacial score (nSPS) is 34.3. The SMILES string of the molecule is O=C(O)CCN1CC2CC(C1)N2. The van der Waals surface area contributed by atoms with Crippen molar-refractivity contribution in [2.45, 2.75) is 24.9 Å². The fourth-order valence-corrected chi connectivity index (χ4v) is 2.04. The summed E-state index contributed by atoms with van der Waals surface area (Å²) in [7, 11) is 0. The average Bonchev–Trinajstić information content (AvgIpc) is 2.00. The van der Waals surface area contributed by atoms with Gasteiger partial charge in [0.1, 0.15) is 0 Å². The van der Waals surface area contributed by atoms with Gasteiger partial charge < -0.3 is 10.4 Å².